The quantitative estimate of drug-likeness (QED) is 0.631. The van der Waals surface area contributed by atoms with Gasteiger partial charge in [-0.05, 0) is 67.1 Å². The highest BCUT2D eigenvalue weighted by atomic mass is 16.5. The van der Waals surface area contributed by atoms with Crippen LogP contribution in [-0.4, -0.2) is 29.9 Å². The highest BCUT2D eigenvalue weighted by molar-refractivity contribution is 6.36. The number of benzene rings is 2. The molecule has 1 aliphatic heterocycles. The lowest BCUT2D eigenvalue weighted by molar-refractivity contribution is -0.136. The molecule has 0 spiro atoms. The standard InChI is InChI=1S/C25H30N2O3/c1-6-11-27-24(28)22(19-7-9-21(10-8-19)30-15-16(2)3)23(25(27)29)26-20-13-17(4)12-18(5)14-20/h7-10,12-14,16,26H,6,11,15H2,1-5H3. The Kier molecular flexibility index (Phi) is 6.60. The summed E-state index contributed by atoms with van der Waals surface area (Å²) in [6, 6.07) is 13.4. The Morgan fingerprint density at radius 1 is 0.967 bits per heavy atom. The number of anilines is 1. The zero-order chi connectivity index (χ0) is 21.8. The predicted octanol–water partition coefficient (Wildman–Crippen LogP) is 4.94. The summed E-state index contributed by atoms with van der Waals surface area (Å²) >= 11 is 0. The maximum atomic E-state index is 13.1. The fourth-order valence-corrected chi connectivity index (χ4v) is 3.56. The van der Waals surface area contributed by atoms with Gasteiger partial charge in [0.05, 0.1) is 12.2 Å². The Bertz CT molecular complexity index is 954. The molecule has 0 fully saturated rings. The Morgan fingerprint density at radius 2 is 1.60 bits per heavy atom. The molecular weight excluding hydrogens is 376 g/mol. The van der Waals surface area contributed by atoms with Crippen LogP contribution in [0.15, 0.2) is 48.2 Å². The second-order valence-electron chi connectivity index (χ2n) is 8.24. The van der Waals surface area contributed by atoms with Crippen molar-refractivity contribution in [3.05, 3.63) is 64.9 Å². The molecule has 0 saturated heterocycles. The summed E-state index contributed by atoms with van der Waals surface area (Å²) in [4.78, 5) is 27.5. The molecular formula is C25H30N2O3. The van der Waals surface area contributed by atoms with Crippen LogP contribution < -0.4 is 10.1 Å². The predicted molar refractivity (Wildman–Crippen MR) is 120 cm³/mol. The first-order valence-electron chi connectivity index (χ1n) is 10.5. The molecule has 0 atom stereocenters. The number of aryl methyl sites for hydroxylation is 2. The van der Waals surface area contributed by atoms with Crippen LogP contribution in [0.1, 0.15) is 43.9 Å². The van der Waals surface area contributed by atoms with E-state index in [9.17, 15) is 9.59 Å². The molecule has 0 aromatic heterocycles. The lowest BCUT2D eigenvalue weighted by Gasteiger charge is -2.14. The van der Waals surface area contributed by atoms with Crippen LogP contribution in [0.2, 0.25) is 0 Å². The number of hydrogen-bond acceptors (Lipinski definition) is 4. The van der Waals surface area contributed by atoms with E-state index in [0.717, 1.165) is 22.6 Å². The van der Waals surface area contributed by atoms with Crippen molar-refractivity contribution in [2.75, 3.05) is 18.5 Å². The molecule has 0 saturated carbocycles. The summed E-state index contributed by atoms with van der Waals surface area (Å²) in [5, 5.41) is 3.23. The molecule has 0 aliphatic carbocycles. The fourth-order valence-electron chi connectivity index (χ4n) is 3.56. The number of imide groups is 1. The number of rotatable bonds is 8. The van der Waals surface area contributed by atoms with E-state index in [1.54, 1.807) is 0 Å². The highest BCUT2D eigenvalue weighted by Gasteiger charge is 2.38. The Morgan fingerprint density at radius 3 is 2.17 bits per heavy atom. The van der Waals surface area contributed by atoms with Crippen LogP contribution in [0.4, 0.5) is 5.69 Å². The van der Waals surface area contributed by atoms with Gasteiger partial charge in [-0.15, -0.1) is 0 Å². The van der Waals surface area contributed by atoms with Gasteiger partial charge in [0, 0.05) is 12.2 Å². The number of hydrogen-bond donors (Lipinski definition) is 1. The lowest BCUT2D eigenvalue weighted by atomic mass is 10.0. The summed E-state index contributed by atoms with van der Waals surface area (Å²) in [7, 11) is 0. The third-order valence-electron chi connectivity index (χ3n) is 4.83. The van der Waals surface area contributed by atoms with Crippen molar-refractivity contribution in [3.8, 4) is 5.75 Å². The van der Waals surface area contributed by atoms with Crippen LogP contribution in [0, 0.1) is 19.8 Å². The van der Waals surface area contributed by atoms with E-state index in [2.05, 4.69) is 25.2 Å². The molecule has 5 nitrogen and oxygen atoms in total. The summed E-state index contributed by atoms with van der Waals surface area (Å²) in [6.45, 7) is 11.2. The number of nitrogens with zero attached hydrogens (tertiary/aromatic N) is 1. The van der Waals surface area contributed by atoms with Gasteiger partial charge in [-0.3, -0.25) is 14.5 Å². The maximum absolute atomic E-state index is 13.1. The van der Waals surface area contributed by atoms with Gasteiger partial charge in [0.15, 0.2) is 0 Å². The zero-order valence-corrected chi connectivity index (χ0v) is 18.4. The third kappa shape index (κ3) is 4.73. The summed E-state index contributed by atoms with van der Waals surface area (Å²) in [5.41, 5.74) is 4.42. The van der Waals surface area contributed by atoms with Gasteiger partial charge in [-0.2, -0.15) is 0 Å². The first kappa shape index (κ1) is 21.6. The number of ether oxygens (including phenoxy) is 1. The molecule has 2 aromatic rings. The molecule has 1 heterocycles. The van der Waals surface area contributed by atoms with Crippen LogP contribution in [-0.2, 0) is 9.59 Å². The van der Waals surface area contributed by atoms with E-state index in [-0.39, 0.29) is 11.8 Å². The molecule has 0 bridgehead atoms. The minimum atomic E-state index is -0.281. The summed E-state index contributed by atoms with van der Waals surface area (Å²) in [5.74, 6) is 0.636. The van der Waals surface area contributed by atoms with Crippen LogP contribution >= 0.6 is 0 Å². The fraction of sp³-hybridized carbons (Fsp3) is 0.360. The topological polar surface area (TPSA) is 58.6 Å². The second kappa shape index (κ2) is 9.16. The molecule has 3 rings (SSSR count). The molecule has 2 amide bonds. The highest BCUT2D eigenvalue weighted by Crippen LogP contribution is 2.32. The molecule has 5 heteroatoms. The van der Waals surface area contributed by atoms with Gasteiger partial charge in [-0.25, -0.2) is 0 Å². The normalized spacial score (nSPS) is 14.1. The number of amides is 2. The van der Waals surface area contributed by atoms with Gasteiger partial charge < -0.3 is 10.1 Å². The summed E-state index contributed by atoms with van der Waals surface area (Å²) in [6.07, 6.45) is 0.712. The van der Waals surface area contributed by atoms with Gasteiger partial charge in [0.2, 0.25) is 0 Å². The van der Waals surface area contributed by atoms with E-state index in [4.69, 9.17) is 4.74 Å². The maximum Gasteiger partial charge on any atom is 0.278 e. The smallest absolute Gasteiger partial charge is 0.278 e. The first-order chi connectivity index (χ1) is 14.3. The van der Waals surface area contributed by atoms with Gasteiger partial charge in [0.1, 0.15) is 11.4 Å². The largest absolute Gasteiger partial charge is 0.493 e. The second-order valence-corrected chi connectivity index (χ2v) is 8.24. The number of nitrogens with one attached hydrogen (secondary N) is 1. The minimum absolute atomic E-state index is 0.260. The van der Waals surface area contributed by atoms with Crippen molar-refractivity contribution in [2.24, 2.45) is 5.92 Å². The molecule has 30 heavy (non-hydrogen) atoms. The first-order valence-corrected chi connectivity index (χ1v) is 10.5. The number of carbonyl (C=O) groups excluding carboxylic acids is 2. The van der Waals surface area contributed by atoms with Crippen LogP contribution in [0.5, 0.6) is 5.75 Å². The van der Waals surface area contributed by atoms with E-state index < -0.39 is 0 Å². The molecule has 1 aliphatic rings. The Hall–Kier alpha value is -3.08. The molecule has 0 radical (unpaired) electrons. The van der Waals surface area contributed by atoms with Crippen molar-refractivity contribution in [2.45, 2.75) is 41.0 Å². The van der Waals surface area contributed by atoms with Crippen molar-refractivity contribution in [3.63, 3.8) is 0 Å². The molecule has 1 N–H and O–H groups in total. The Balaban J connectivity index is 1.98. The SMILES string of the molecule is CCCN1C(=O)C(Nc2cc(C)cc(C)c2)=C(c2ccc(OCC(C)C)cc2)C1=O. The average Bonchev–Trinajstić information content (AvgIpc) is 2.91. The van der Waals surface area contributed by atoms with Crippen molar-refractivity contribution >= 4 is 23.1 Å². The van der Waals surface area contributed by atoms with Crippen LogP contribution in [0.3, 0.4) is 0 Å². The Labute approximate surface area is 178 Å². The van der Waals surface area contributed by atoms with Gasteiger partial charge in [0.25, 0.3) is 11.8 Å². The average molecular weight is 407 g/mol. The molecule has 2 aromatic carbocycles. The van der Waals surface area contributed by atoms with Crippen molar-refractivity contribution < 1.29 is 14.3 Å². The lowest BCUT2D eigenvalue weighted by Crippen LogP contribution is -2.33. The van der Waals surface area contributed by atoms with Crippen LogP contribution in [0.25, 0.3) is 5.57 Å². The van der Waals surface area contributed by atoms with Gasteiger partial charge >= 0.3 is 0 Å². The number of carbonyl (C=O) groups is 2. The van der Waals surface area contributed by atoms with E-state index in [1.165, 1.54) is 4.90 Å². The van der Waals surface area contributed by atoms with E-state index >= 15 is 0 Å². The van der Waals surface area contributed by atoms with Crippen molar-refractivity contribution in [1.82, 2.24) is 4.90 Å². The van der Waals surface area contributed by atoms with E-state index in [1.807, 2.05) is 57.2 Å². The van der Waals surface area contributed by atoms with E-state index in [0.29, 0.717) is 42.3 Å². The van der Waals surface area contributed by atoms with Gasteiger partial charge in [-0.1, -0.05) is 39.0 Å². The minimum Gasteiger partial charge on any atom is -0.493 e. The zero-order valence-electron chi connectivity index (χ0n) is 18.4. The molecule has 158 valence electrons. The van der Waals surface area contributed by atoms with Crippen molar-refractivity contribution in [1.29, 1.82) is 0 Å². The summed E-state index contributed by atoms with van der Waals surface area (Å²) < 4.78 is 5.75. The third-order valence-corrected chi connectivity index (χ3v) is 4.83. The molecule has 0 unspecified atom stereocenters. The monoisotopic (exact) mass is 406 g/mol.